The number of methoxy groups -OCH3 is 1. The van der Waals surface area contributed by atoms with Crippen molar-refractivity contribution in [3.05, 3.63) is 138 Å². The topological polar surface area (TPSA) is 75.7 Å². The van der Waals surface area contributed by atoms with Gasteiger partial charge in [0.2, 0.25) is 5.52 Å². The van der Waals surface area contributed by atoms with Gasteiger partial charge in [-0.15, -0.1) is 11.3 Å². The Morgan fingerprint density at radius 3 is 2.43 bits per heavy atom. The van der Waals surface area contributed by atoms with Crippen molar-refractivity contribution in [3.63, 3.8) is 0 Å². The molecular formula is C39H34N3O4S3+. The number of hydrogen-bond donors (Lipinski definition) is 1. The molecule has 1 aliphatic rings. The highest BCUT2D eigenvalue weighted by atomic mass is 32.2. The second-order valence-electron chi connectivity index (χ2n) is 11.3. The molecule has 2 aromatic heterocycles. The molecule has 7 nitrogen and oxygen atoms in total. The van der Waals surface area contributed by atoms with Gasteiger partial charge in [0, 0.05) is 29.2 Å². The average molecular weight is 705 g/mol. The van der Waals surface area contributed by atoms with Crippen molar-refractivity contribution >= 4 is 84.8 Å². The van der Waals surface area contributed by atoms with E-state index in [1.807, 2.05) is 54.6 Å². The summed E-state index contributed by atoms with van der Waals surface area (Å²) in [4.78, 5) is 29.8. The van der Waals surface area contributed by atoms with Gasteiger partial charge in [0.1, 0.15) is 32.7 Å². The quantitative estimate of drug-likeness (QED) is 0.132. The molecule has 1 aliphatic heterocycles. The molecule has 0 bridgehead atoms. The van der Waals surface area contributed by atoms with E-state index in [4.69, 9.17) is 4.74 Å². The van der Waals surface area contributed by atoms with Gasteiger partial charge in [-0.25, -0.2) is 0 Å². The van der Waals surface area contributed by atoms with Crippen molar-refractivity contribution in [2.24, 2.45) is 0 Å². The number of aliphatic carboxylic acids is 1. The molecule has 0 saturated carbocycles. The Kier molecular flexibility index (Phi) is 9.27. The van der Waals surface area contributed by atoms with Crippen LogP contribution in [0.2, 0.25) is 0 Å². The maximum Gasteiger partial charge on any atom is 0.323 e. The molecule has 0 spiro atoms. The number of para-hydroxylation sites is 1. The van der Waals surface area contributed by atoms with Crippen LogP contribution in [0, 0.1) is 0 Å². The summed E-state index contributed by atoms with van der Waals surface area (Å²) in [6, 6.07) is 30.7. The monoisotopic (exact) mass is 704 g/mol. The molecule has 49 heavy (non-hydrogen) atoms. The second-order valence-corrected chi connectivity index (χ2v) is 14.5. The molecule has 0 unspecified atom stereocenters. The van der Waals surface area contributed by atoms with Crippen molar-refractivity contribution in [1.29, 1.82) is 0 Å². The van der Waals surface area contributed by atoms with Crippen LogP contribution in [0.1, 0.15) is 24.4 Å². The van der Waals surface area contributed by atoms with Gasteiger partial charge in [0.05, 0.1) is 23.9 Å². The van der Waals surface area contributed by atoms with Crippen LogP contribution in [-0.4, -0.2) is 29.3 Å². The summed E-state index contributed by atoms with van der Waals surface area (Å²) in [5, 5.41) is 14.3. The lowest BCUT2D eigenvalue weighted by atomic mass is 10.1. The van der Waals surface area contributed by atoms with Gasteiger partial charge < -0.3 is 14.7 Å². The van der Waals surface area contributed by atoms with Crippen molar-refractivity contribution in [2.75, 3.05) is 18.6 Å². The van der Waals surface area contributed by atoms with E-state index in [1.165, 1.54) is 31.6 Å². The number of thiazole rings is 2. The van der Waals surface area contributed by atoms with Crippen LogP contribution in [-0.2, 0) is 22.6 Å². The van der Waals surface area contributed by atoms with Gasteiger partial charge in [-0.3, -0.25) is 14.2 Å². The molecule has 0 fully saturated rings. The number of carboxylic acids is 1. The standard InChI is InChI=1S/C39H33N3O4S3/c1-4-40-30-17-11-12-18-32(30)47-33(40)21-27(46-3)22-34-42(24-36(43)44)39(45)38(49-34)29(25-13-7-6-8-14-25)23-35-41(5-2)31-20-19-26-15-9-10-16-28(26)37(31)48-35/h6-23H,4-5,24H2,1-3H3/p+1/b35-23?,38-29-. The Balaban J connectivity index is 1.45. The van der Waals surface area contributed by atoms with Gasteiger partial charge >= 0.3 is 5.97 Å². The smallest absolute Gasteiger partial charge is 0.323 e. The summed E-state index contributed by atoms with van der Waals surface area (Å²) >= 11 is 4.62. The number of benzene rings is 4. The van der Waals surface area contributed by atoms with Gasteiger partial charge in [-0.1, -0.05) is 95.9 Å². The van der Waals surface area contributed by atoms with Gasteiger partial charge in [0.15, 0.2) is 0 Å². The molecule has 0 amide bonds. The van der Waals surface area contributed by atoms with Crippen molar-refractivity contribution in [1.82, 2.24) is 4.57 Å². The number of thioether (sulfide) groups is 1. The number of allylic oxidation sites excluding steroid dienone is 2. The summed E-state index contributed by atoms with van der Waals surface area (Å²) in [6.07, 6.45) is 5.79. The van der Waals surface area contributed by atoms with Crippen molar-refractivity contribution < 1.29 is 19.2 Å². The average Bonchev–Trinajstić information content (AvgIpc) is 3.77. The van der Waals surface area contributed by atoms with Crippen LogP contribution < -0.4 is 24.2 Å². The zero-order valence-corrected chi connectivity index (χ0v) is 29.7. The Morgan fingerprint density at radius 2 is 1.67 bits per heavy atom. The van der Waals surface area contributed by atoms with E-state index in [1.54, 1.807) is 36.3 Å². The normalized spacial score (nSPS) is 15.0. The summed E-state index contributed by atoms with van der Waals surface area (Å²) in [5.41, 5.74) is 3.52. The lowest BCUT2D eigenvalue weighted by Crippen LogP contribution is -2.35. The number of fused-ring (bicyclic) bond motifs is 4. The summed E-state index contributed by atoms with van der Waals surface area (Å²) < 4.78 is 11.5. The highest BCUT2D eigenvalue weighted by Gasteiger charge is 2.27. The van der Waals surface area contributed by atoms with E-state index in [0.717, 1.165) is 50.2 Å². The molecule has 0 atom stereocenters. The number of aromatic nitrogens is 2. The Bertz CT molecular complexity index is 2470. The summed E-state index contributed by atoms with van der Waals surface area (Å²) in [7, 11) is 1.59. The molecule has 0 aliphatic carbocycles. The van der Waals surface area contributed by atoms with Crippen molar-refractivity contribution in [3.8, 4) is 0 Å². The second kappa shape index (κ2) is 13.9. The van der Waals surface area contributed by atoms with Crippen LogP contribution >= 0.6 is 34.4 Å². The fourth-order valence-electron chi connectivity index (χ4n) is 6.16. The highest BCUT2D eigenvalue weighted by Crippen LogP contribution is 2.49. The molecule has 10 heteroatoms. The Labute approximate surface area is 295 Å². The Hall–Kier alpha value is -4.90. The molecule has 4 aromatic carbocycles. The molecule has 0 radical (unpaired) electrons. The first-order valence-corrected chi connectivity index (χ1v) is 18.4. The SMILES string of the molecule is CCN1C(=C/C(c2ccccc2)=c2/s/c(=C/C(=Cc3sc4ccccc4[n+]3CC)OC)n(CC(=O)O)c2=O)Sc2c1ccc1ccccc21. The Morgan fingerprint density at radius 1 is 0.918 bits per heavy atom. The lowest BCUT2D eigenvalue weighted by Gasteiger charge is -2.18. The maximum atomic E-state index is 14.3. The number of carbonyl (C=O) groups is 1. The highest BCUT2D eigenvalue weighted by molar-refractivity contribution is 8.04. The predicted molar refractivity (Wildman–Crippen MR) is 202 cm³/mol. The number of hydrogen-bond acceptors (Lipinski definition) is 7. The molecule has 7 rings (SSSR count). The molecule has 3 heterocycles. The number of ether oxygens (including phenoxy) is 1. The van der Waals surface area contributed by atoms with E-state index in [-0.39, 0.29) is 5.56 Å². The fraction of sp³-hybridized carbons (Fsp3) is 0.154. The molecule has 1 N–H and O–H groups in total. The maximum absolute atomic E-state index is 14.3. The first kappa shape index (κ1) is 32.6. The van der Waals surface area contributed by atoms with Crippen LogP contribution in [0.3, 0.4) is 0 Å². The third-order valence-corrected chi connectivity index (χ3v) is 11.9. The van der Waals surface area contributed by atoms with E-state index in [2.05, 4.69) is 71.9 Å². The summed E-state index contributed by atoms with van der Waals surface area (Å²) in [5.74, 6) is -0.575. The van der Waals surface area contributed by atoms with E-state index in [0.29, 0.717) is 15.0 Å². The predicted octanol–water partition coefficient (Wildman–Crippen LogP) is 6.81. The number of aryl methyl sites for hydroxylation is 1. The molecule has 0 saturated heterocycles. The van der Waals surface area contributed by atoms with E-state index >= 15 is 0 Å². The largest absolute Gasteiger partial charge is 0.496 e. The molecule has 6 aromatic rings. The zero-order chi connectivity index (χ0) is 34.1. The number of nitrogens with zero attached hydrogens (tertiary/aromatic N) is 3. The van der Waals surface area contributed by atoms with Crippen LogP contribution in [0.15, 0.2) is 118 Å². The molecule has 246 valence electrons. The van der Waals surface area contributed by atoms with Gasteiger partial charge in [-0.2, -0.15) is 4.57 Å². The lowest BCUT2D eigenvalue weighted by molar-refractivity contribution is -0.665. The minimum atomic E-state index is -1.09. The summed E-state index contributed by atoms with van der Waals surface area (Å²) in [6.45, 7) is 5.27. The van der Waals surface area contributed by atoms with Crippen LogP contribution in [0.25, 0.3) is 38.7 Å². The first-order valence-electron chi connectivity index (χ1n) is 16.0. The minimum Gasteiger partial charge on any atom is -0.496 e. The number of carboxylic acid groups (broad SMARTS) is 1. The fourth-order valence-corrected chi connectivity index (χ4v) is 9.76. The number of rotatable bonds is 9. The van der Waals surface area contributed by atoms with E-state index in [9.17, 15) is 14.7 Å². The first-order chi connectivity index (χ1) is 23.9. The van der Waals surface area contributed by atoms with Crippen molar-refractivity contribution in [2.45, 2.75) is 31.8 Å². The van der Waals surface area contributed by atoms with Gasteiger partial charge in [0.25, 0.3) is 10.6 Å². The van der Waals surface area contributed by atoms with Gasteiger partial charge in [-0.05, 0) is 48.4 Å². The number of anilines is 1. The van der Waals surface area contributed by atoms with E-state index < -0.39 is 12.5 Å². The third-order valence-electron chi connectivity index (χ3n) is 8.46. The van der Waals surface area contributed by atoms with Crippen LogP contribution in [0.4, 0.5) is 5.69 Å². The van der Waals surface area contributed by atoms with Crippen LogP contribution in [0.5, 0.6) is 0 Å². The minimum absolute atomic E-state index is 0.357. The zero-order valence-electron chi connectivity index (χ0n) is 27.3. The third kappa shape index (κ3) is 6.23. The molecular weight excluding hydrogens is 671 g/mol.